The van der Waals surface area contributed by atoms with E-state index in [0.29, 0.717) is 24.4 Å². The lowest BCUT2D eigenvalue weighted by Crippen LogP contribution is -2.38. The number of para-hydroxylation sites is 2. The van der Waals surface area contributed by atoms with Gasteiger partial charge in [-0.25, -0.2) is 0 Å². The van der Waals surface area contributed by atoms with Crippen molar-refractivity contribution in [3.8, 4) is 0 Å². The van der Waals surface area contributed by atoms with E-state index in [0.717, 1.165) is 68.0 Å². The minimum atomic E-state index is -0.523. The Morgan fingerprint density at radius 2 is 1.86 bits per heavy atom. The molecule has 2 N–H and O–H groups in total. The SMILES string of the molecule is CC1=NN(c2ccccc2)C(=O)/C1=C/c1cn(CC(O)CNCCCN2CCOCC2)c2ccccc12. The van der Waals surface area contributed by atoms with Gasteiger partial charge in [0.1, 0.15) is 0 Å². The van der Waals surface area contributed by atoms with Crippen LogP contribution in [0, 0.1) is 0 Å². The van der Waals surface area contributed by atoms with Gasteiger partial charge in [-0.3, -0.25) is 9.69 Å². The highest BCUT2D eigenvalue weighted by Crippen LogP contribution is 2.28. The predicted molar refractivity (Wildman–Crippen MR) is 148 cm³/mol. The maximum atomic E-state index is 13.2. The molecule has 3 heterocycles. The Labute approximate surface area is 217 Å². The molecule has 194 valence electrons. The summed E-state index contributed by atoms with van der Waals surface area (Å²) in [6.07, 6.45) is 4.46. The van der Waals surface area contributed by atoms with Crippen LogP contribution >= 0.6 is 0 Å². The Morgan fingerprint density at radius 1 is 1.11 bits per heavy atom. The number of nitrogens with one attached hydrogen (secondary N) is 1. The van der Waals surface area contributed by atoms with Gasteiger partial charge in [0.15, 0.2) is 0 Å². The Bertz CT molecular complexity index is 1280. The lowest BCUT2D eigenvalue weighted by atomic mass is 10.1. The molecule has 0 radical (unpaired) electrons. The van der Waals surface area contributed by atoms with Crippen molar-refractivity contribution in [1.82, 2.24) is 14.8 Å². The highest BCUT2D eigenvalue weighted by molar-refractivity contribution is 6.32. The van der Waals surface area contributed by atoms with Crippen molar-refractivity contribution in [3.63, 3.8) is 0 Å². The molecule has 8 nitrogen and oxygen atoms in total. The number of hydrogen-bond acceptors (Lipinski definition) is 6. The number of anilines is 1. The smallest absolute Gasteiger partial charge is 0.280 e. The molecule has 1 amide bonds. The van der Waals surface area contributed by atoms with Crippen LogP contribution in [0.1, 0.15) is 18.9 Å². The molecule has 37 heavy (non-hydrogen) atoms. The summed E-state index contributed by atoms with van der Waals surface area (Å²) in [4.78, 5) is 15.6. The van der Waals surface area contributed by atoms with Crippen LogP contribution in [0.4, 0.5) is 5.69 Å². The van der Waals surface area contributed by atoms with Crippen LogP contribution in [0.5, 0.6) is 0 Å². The van der Waals surface area contributed by atoms with Gasteiger partial charge in [-0.15, -0.1) is 0 Å². The van der Waals surface area contributed by atoms with Gasteiger partial charge in [-0.1, -0.05) is 36.4 Å². The van der Waals surface area contributed by atoms with Gasteiger partial charge in [0.05, 0.1) is 36.3 Å². The second kappa shape index (κ2) is 11.8. The van der Waals surface area contributed by atoms with E-state index in [1.165, 1.54) is 5.01 Å². The van der Waals surface area contributed by atoms with Crippen LogP contribution in [-0.2, 0) is 16.1 Å². The van der Waals surface area contributed by atoms with Gasteiger partial charge in [-0.05, 0) is 50.7 Å². The van der Waals surface area contributed by atoms with E-state index in [1.807, 2.05) is 67.7 Å². The molecule has 2 aliphatic heterocycles. The molecule has 1 fully saturated rings. The maximum Gasteiger partial charge on any atom is 0.280 e. The summed E-state index contributed by atoms with van der Waals surface area (Å²) in [6.45, 7) is 8.43. The molecule has 5 rings (SSSR count). The number of aliphatic hydroxyl groups excluding tert-OH is 1. The standard InChI is InChI=1S/C29H35N5O3/c1-22-27(29(36)34(31-22)24-8-3-2-4-9-24)18-23-20-33(28-11-6-5-10-26(23)28)21-25(35)19-30-12-7-13-32-14-16-37-17-15-32/h2-6,8-11,18,20,25,30,35H,7,12-17,19,21H2,1H3/b27-18+. The van der Waals surface area contributed by atoms with E-state index in [4.69, 9.17) is 4.74 Å². The van der Waals surface area contributed by atoms with Crippen molar-refractivity contribution in [3.05, 3.63) is 71.9 Å². The van der Waals surface area contributed by atoms with Gasteiger partial charge >= 0.3 is 0 Å². The number of rotatable bonds is 10. The van der Waals surface area contributed by atoms with E-state index in [-0.39, 0.29) is 5.91 Å². The van der Waals surface area contributed by atoms with Gasteiger partial charge in [0, 0.05) is 48.8 Å². The molecule has 1 atom stereocenters. The molecule has 3 aromatic rings. The van der Waals surface area contributed by atoms with E-state index in [1.54, 1.807) is 0 Å². The average Bonchev–Trinajstić information content (AvgIpc) is 3.41. The molecule has 0 saturated carbocycles. The van der Waals surface area contributed by atoms with Crippen LogP contribution in [-0.4, -0.2) is 78.2 Å². The maximum absolute atomic E-state index is 13.2. The predicted octanol–water partition coefficient (Wildman–Crippen LogP) is 3.12. The second-order valence-electron chi connectivity index (χ2n) is 9.62. The Morgan fingerprint density at radius 3 is 2.68 bits per heavy atom. The Kier molecular flexibility index (Phi) is 8.11. The monoisotopic (exact) mass is 501 g/mol. The number of fused-ring (bicyclic) bond motifs is 1. The molecule has 2 aromatic carbocycles. The minimum Gasteiger partial charge on any atom is -0.390 e. The van der Waals surface area contributed by atoms with Crippen LogP contribution in [0.2, 0.25) is 0 Å². The topological polar surface area (TPSA) is 82.3 Å². The molecular weight excluding hydrogens is 466 g/mol. The first-order valence-corrected chi connectivity index (χ1v) is 13.0. The lowest BCUT2D eigenvalue weighted by Gasteiger charge is -2.26. The van der Waals surface area contributed by atoms with Gasteiger partial charge in [0.2, 0.25) is 0 Å². The lowest BCUT2D eigenvalue weighted by molar-refractivity contribution is -0.114. The molecule has 2 aliphatic rings. The normalized spacial score (nSPS) is 18.6. The number of nitrogens with zero attached hydrogens (tertiary/aromatic N) is 4. The van der Waals surface area contributed by atoms with Gasteiger partial charge in [-0.2, -0.15) is 10.1 Å². The zero-order valence-electron chi connectivity index (χ0n) is 21.3. The first kappa shape index (κ1) is 25.4. The number of morpholine rings is 1. The number of benzene rings is 2. The molecule has 1 saturated heterocycles. The van der Waals surface area contributed by atoms with Crippen molar-refractivity contribution in [2.45, 2.75) is 26.0 Å². The third-order valence-electron chi connectivity index (χ3n) is 6.90. The third kappa shape index (κ3) is 5.99. The largest absolute Gasteiger partial charge is 0.390 e. The van der Waals surface area contributed by atoms with Crippen molar-refractivity contribution in [2.24, 2.45) is 5.10 Å². The van der Waals surface area contributed by atoms with Crippen LogP contribution in [0.25, 0.3) is 17.0 Å². The fraction of sp³-hybridized carbons (Fsp3) is 0.379. The Hall–Kier alpha value is -3.30. The van der Waals surface area contributed by atoms with E-state index in [9.17, 15) is 9.90 Å². The molecule has 1 unspecified atom stereocenters. The molecular formula is C29H35N5O3. The zero-order chi connectivity index (χ0) is 25.6. The number of carbonyl (C=O) groups is 1. The molecule has 0 aliphatic carbocycles. The van der Waals surface area contributed by atoms with Gasteiger partial charge in [0.25, 0.3) is 5.91 Å². The zero-order valence-corrected chi connectivity index (χ0v) is 21.3. The average molecular weight is 502 g/mol. The summed E-state index contributed by atoms with van der Waals surface area (Å²) >= 11 is 0. The number of carbonyl (C=O) groups excluding carboxylic acids is 1. The first-order chi connectivity index (χ1) is 18.1. The van der Waals surface area contributed by atoms with Crippen molar-refractivity contribution >= 4 is 34.3 Å². The fourth-order valence-corrected chi connectivity index (χ4v) is 4.94. The van der Waals surface area contributed by atoms with Crippen LogP contribution < -0.4 is 10.3 Å². The summed E-state index contributed by atoms with van der Waals surface area (Å²) in [7, 11) is 0. The number of ether oxygens (including phenoxy) is 1. The number of aliphatic hydroxyl groups is 1. The van der Waals surface area contributed by atoms with Crippen LogP contribution in [0.3, 0.4) is 0 Å². The van der Waals surface area contributed by atoms with Gasteiger partial charge < -0.3 is 19.7 Å². The van der Waals surface area contributed by atoms with E-state index >= 15 is 0 Å². The summed E-state index contributed by atoms with van der Waals surface area (Å²) in [5, 5.41) is 21.1. The van der Waals surface area contributed by atoms with Crippen molar-refractivity contribution in [1.29, 1.82) is 0 Å². The molecule has 8 heteroatoms. The number of hydrogen-bond donors (Lipinski definition) is 2. The fourth-order valence-electron chi connectivity index (χ4n) is 4.94. The highest BCUT2D eigenvalue weighted by atomic mass is 16.5. The number of aromatic nitrogens is 1. The van der Waals surface area contributed by atoms with Crippen molar-refractivity contribution in [2.75, 3.05) is 50.9 Å². The summed E-state index contributed by atoms with van der Waals surface area (Å²) < 4.78 is 7.47. The first-order valence-electron chi connectivity index (χ1n) is 13.0. The van der Waals surface area contributed by atoms with Crippen molar-refractivity contribution < 1.29 is 14.6 Å². The molecule has 0 spiro atoms. The third-order valence-corrected chi connectivity index (χ3v) is 6.90. The molecule has 0 bridgehead atoms. The minimum absolute atomic E-state index is 0.137. The van der Waals surface area contributed by atoms with E-state index in [2.05, 4.69) is 26.0 Å². The Balaban J connectivity index is 1.24. The van der Waals surface area contributed by atoms with E-state index < -0.39 is 6.10 Å². The highest BCUT2D eigenvalue weighted by Gasteiger charge is 2.29. The number of amides is 1. The molecule has 1 aromatic heterocycles. The summed E-state index contributed by atoms with van der Waals surface area (Å²) in [5.41, 5.74) is 3.98. The van der Waals surface area contributed by atoms with Crippen LogP contribution in [0.15, 0.2) is 71.5 Å². The second-order valence-corrected chi connectivity index (χ2v) is 9.62. The number of hydrazone groups is 1. The summed E-state index contributed by atoms with van der Waals surface area (Å²) in [5.74, 6) is -0.137. The quantitative estimate of drug-likeness (QED) is 0.330. The summed E-state index contributed by atoms with van der Waals surface area (Å²) in [6, 6.07) is 17.6.